The molecule has 33 heavy (non-hydrogen) atoms. The van der Waals surface area contributed by atoms with Gasteiger partial charge in [0, 0.05) is 31.6 Å². The van der Waals surface area contributed by atoms with E-state index in [1.807, 2.05) is 6.92 Å². The Balaban J connectivity index is 1.61. The van der Waals surface area contributed by atoms with E-state index in [2.05, 4.69) is 15.4 Å². The van der Waals surface area contributed by atoms with Gasteiger partial charge in [0.2, 0.25) is 0 Å². The number of carbonyl (C=O) groups is 1. The molecule has 1 amide bonds. The molecule has 0 aliphatic carbocycles. The predicted molar refractivity (Wildman–Crippen MR) is 122 cm³/mol. The number of thiazole rings is 1. The van der Waals surface area contributed by atoms with Gasteiger partial charge in [0.15, 0.2) is 11.5 Å². The molecule has 1 fully saturated rings. The van der Waals surface area contributed by atoms with Crippen LogP contribution in [0.25, 0.3) is 10.6 Å². The van der Waals surface area contributed by atoms with Crippen LogP contribution in [0.3, 0.4) is 0 Å². The summed E-state index contributed by atoms with van der Waals surface area (Å²) >= 11 is 0.991. The number of halogens is 3. The number of nitrogen functional groups attached to an aromatic ring is 1. The Labute approximate surface area is 192 Å². The van der Waals surface area contributed by atoms with Crippen LogP contribution in [0.5, 0.6) is 0 Å². The van der Waals surface area contributed by atoms with Crippen LogP contribution in [0.2, 0.25) is 0 Å². The number of aryl methyl sites for hydroxylation is 2. The summed E-state index contributed by atoms with van der Waals surface area (Å²) in [4.78, 5) is 18.7. The van der Waals surface area contributed by atoms with Gasteiger partial charge in [0.25, 0.3) is 11.8 Å². The van der Waals surface area contributed by atoms with E-state index in [4.69, 9.17) is 11.5 Å². The zero-order valence-corrected chi connectivity index (χ0v) is 18.9. The summed E-state index contributed by atoms with van der Waals surface area (Å²) in [7, 11) is 1.60. The summed E-state index contributed by atoms with van der Waals surface area (Å²) in [6, 6.07) is 3.96. The first-order valence-corrected chi connectivity index (χ1v) is 11.1. The summed E-state index contributed by atoms with van der Waals surface area (Å²) in [5, 5.41) is 7.17. The first kappa shape index (κ1) is 23.1. The molecule has 1 aromatic carbocycles. The number of nitrogens with zero attached hydrogens (tertiary/aromatic N) is 4. The van der Waals surface area contributed by atoms with Gasteiger partial charge in [-0.05, 0) is 25.5 Å². The van der Waals surface area contributed by atoms with Gasteiger partial charge in [0.1, 0.15) is 21.5 Å². The molecule has 5 N–H and O–H groups in total. The fourth-order valence-corrected chi connectivity index (χ4v) is 4.75. The van der Waals surface area contributed by atoms with E-state index in [1.165, 1.54) is 21.8 Å². The molecule has 2 aromatic heterocycles. The number of anilines is 3. The number of hydrogen-bond acceptors (Lipinski definition) is 7. The SMILES string of the molecule is Cc1ccc(F)c(-c2nc(C(=O)Nc3cnn(C)c3N3CC[C@H](N)CC(F)(F)C3)c(N)s2)c1. The highest BCUT2D eigenvalue weighted by Crippen LogP contribution is 2.35. The van der Waals surface area contributed by atoms with E-state index >= 15 is 0 Å². The van der Waals surface area contributed by atoms with Gasteiger partial charge in [0.05, 0.1) is 12.7 Å². The van der Waals surface area contributed by atoms with Crippen LogP contribution in [-0.2, 0) is 7.05 Å². The van der Waals surface area contributed by atoms with Gasteiger partial charge in [-0.3, -0.25) is 9.48 Å². The molecular weight excluding hydrogens is 455 g/mol. The van der Waals surface area contributed by atoms with Crippen LogP contribution in [-0.4, -0.2) is 45.7 Å². The Morgan fingerprint density at radius 3 is 2.88 bits per heavy atom. The Morgan fingerprint density at radius 2 is 2.12 bits per heavy atom. The molecule has 1 saturated heterocycles. The molecule has 0 bridgehead atoms. The van der Waals surface area contributed by atoms with Crippen molar-refractivity contribution in [1.29, 1.82) is 0 Å². The van der Waals surface area contributed by atoms with Gasteiger partial charge in [-0.25, -0.2) is 18.2 Å². The lowest BCUT2D eigenvalue weighted by molar-refractivity contribution is -0.000527. The van der Waals surface area contributed by atoms with Crippen molar-refractivity contribution in [3.8, 4) is 10.6 Å². The number of amides is 1. The van der Waals surface area contributed by atoms with Crippen LogP contribution >= 0.6 is 11.3 Å². The molecule has 1 atom stereocenters. The van der Waals surface area contributed by atoms with E-state index in [-0.39, 0.29) is 33.5 Å². The van der Waals surface area contributed by atoms with Gasteiger partial charge >= 0.3 is 0 Å². The van der Waals surface area contributed by atoms with E-state index in [1.54, 1.807) is 19.2 Å². The van der Waals surface area contributed by atoms with Crippen molar-refractivity contribution in [2.75, 3.05) is 29.0 Å². The number of nitrogens with one attached hydrogen (secondary N) is 1. The molecule has 0 unspecified atom stereocenters. The highest BCUT2D eigenvalue weighted by Gasteiger charge is 2.38. The maximum absolute atomic E-state index is 14.3. The quantitative estimate of drug-likeness (QED) is 0.529. The van der Waals surface area contributed by atoms with Crippen LogP contribution in [0.4, 0.5) is 29.7 Å². The molecule has 1 aliphatic heterocycles. The highest BCUT2D eigenvalue weighted by atomic mass is 32.1. The minimum atomic E-state index is -2.98. The first-order chi connectivity index (χ1) is 15.5. The van der Waals surface area contributed by atoms with Crippen molar-refractivity contribution < 1.29 is 18.0 Å². The minimum Gasteiger partial charge on any atom is -0.389 e. The topological polar surface area (TPSA) is 115 Å². The summed E-state index contributed by atoms with van der Waals surface area (Å²) in [6.45, 7) is 1.56. The smallest absolute Gasteiger partial charge is 0.277 e. The second-order valence-corrected chi connectivity index (χ2v) is 9.24. The van der Waals surface area contributed by atoms with Crippen molar-refractivity contribution >= 4 is 33.8 Å². The molecule has 12 heteroatoms. The molecule has 0 saturated carbocycles. The average molecular weight is 480 g/mol. The summed E-state index contributed by atoms with van der Waals surface area (Å²) < 4.78 is 44.3. The first-order valence-electron chi connectivity index (χ1n) is 10.3. The molecule has 0 radical (unpaired) electrons. The fraction of sp³-hybridized carbons (Fsp3) is 0.381. The molecule has 176 valence electrons. The van der Waals surface area contributed by atoms with Crippen LogP contribution < -0.4 is 21.7 Å². The van der Waals surface area contributed by atoms with Crippen molar-refractivity contribution in [3.05, 3.63) is 41.5 Å². The van der Waals surface area contributed by atoms with Gasteiger partial charge in [-0.1, -0.05) is 23.0 Å². The Morgan fingerprint density at radius 1 is 1.36 bits per heavy atom. The Bertz CT molecular complexity index is 1190. The predicted octanol–water partition coefficient (Wildman–Crippen LogP) is 3.39. The van der Waals surface area contributed by atoms with Crippen molar-refractivity contribution in [2.24, 2.45) is 12.8 Å². The lowest BCUT2D eigenvalue weighted by Gasteiger charge is -2.26. The molecule has 1 aliphatic rings. The normalized spacial score (nSPS) is 18.2. The van der Waals surface area contributed by atoms with E-state index < -0.39 is 36.7 Å². The summed E-state index contributed by atoms with van der Waals surface area (Å²) in [5.41, 5.74) is 13.1. The maximum Gasteiger partial charge on any atom is 0.277 e. The number of benzene rings is 1. The van der Waals surface area contributed by atoms with E-state index in [9.17, 15) is 18.0 Å². The molecule has 4 rings (SSSR count). The third-order valence-electron chi connectivity index (χ3n) is 5.43. The second kappa shape index (κ2) is 8.67. The van der Waals surface area contributed by atoms with Crippen molar-refractivity contribution in [3.63, 3.8) is 0 Å². The van der Waals surface area contributed by atoms with Crippen molar-refractivity contribution in [1.82, 2.24) is 14.8 Å². The van der Waals surface area contributed by atoms with Gasteiger partial charge < -0.3 is 21.7 Å². The zero-order chi connectivity index (χ0) is 23.9. The number of carbonyl (C=O) groups excluding carboxylic acids is 1. The van der Waals surface area contributed by atoms with Gasteiger partial charge in [-0.2, -0.15) is 5.10 Å². The maximum atomic E-state index is 14.3. The zero-order valence-electron chi connectivity index (χ0n) is 18.1. The molecule has 3 heterocycles. The lowest BCUT2D eigenvalue weighted by Crippen LogP contribution is -2.37. The third kappa shape index (κ3) is 4.81. The average Bonchev–Trinajstić information content (AvgIpc) is 3.25. The van der Waals surface area contributed by atoms with Gasteiger partial charge in [-0.15, -0.1) is 0 Å². The second-order valence-electron chi connectivity index (χ2n) is 8.21. The lowest BCUT2D eigenvalue weighted by atomic mass is 10.1. The third-order valence-corrected chi connectivity index (χ3v) is 6.35. The molecule has 3 aromatic rings. The van der Waals surface area contributed by atoms with Crippen molar-refractivity contribution in [2.45, 2.75) is 31.7 Å². The van der Waals surface area contributed by atoms with E-state index in [0.717, 1.165) is 16.9 Å². The van der Waals surface area contributed by atoms with Crippen LogP contribution in [0, 0.1) is 12.7 Å². The molecule has 0 spiro atoms. The van der Waals surface area contributed by atoms with Crippen LogP contribution in [0.1, 0.15) is 28.9 Å². The monoisotopic (exact) mass is 479 g/mol. The number of rotatable bonds is 4. The largest absolute Gasteiger partial charge is 0.389 e. The number of alkyl halides is 2. The summed E-state index contributed by atoms with van der Waals surface area (Å²) in [6.07, 6.45) is 1.34. The summed E-state index contributed by atoms with van der Waals surface area (Å²) in [5.74, 6) is -3.77. The minimum absolute atomic E-state index is 0.0751. The Kier molecular flexibility index (Phi) is 6.06. The number of nitrogens with two attached hydrogens (primary N) is 2. The molecule has 8 nitrogen and oxygen atoms in total. The molecular formula is C21H24F3N7OS. The van der Waals surface area contributed by atoms with E-state index in [0.29, 0.717) is 12.2 Å². The Hall–Kier alpha value is -3.12. The fourth-order valence-electron chi connectivity index (χ4n) is 3.90. The standard InChI is InChI=1S/C21H24F3N7OS/c1-11-3-4-14(22)13(7-11)19-29-16(17(26)33-19)18(32)28-15-9-27-30(2)20(15)31-6-5-12(25)8-21(23,24)10-31/h3-4,7,9,12H,5-6,8,10,25-26H2,1-2H3,(H,28,32)/t12-/m0/s1. The highest BCUT2D eigenvalue weighted by molar-refractivity contribution is 7.19. The number of hydrogen-bond donors (Lipinski definition) is 3. The number of aromatic nitrogens is 3. The van der Waals surface area contributed by atoms with Crippen LogP contribution in [0.15, 0.2) is 24.4 Å².